The van der Waals surface area contributed by atoms with E-state index in [1.807, 2.05) is 0 Å². The molecule has 0 N–H and O–H groups in total. The Morgan fingerprint density at radius 3 is 1.79 bits per heavy atom. The summed E-state index contributed by atoms with van der Waals surface area (Å²) >= 11 is 0. The Balaban J connectivity index is 1.54. The maximum atomic E-state index is 2.39. The van der Waals surface area contributed by atoms with Gasteiger partial charge < -0.3 is 9.80 Å². The quantitative estimate of drug-likeness (QED) is 0.481. The van der Waals surface area contributed by atoms with Gasteiger partial charge >= 0.3 is 0 Å². The molecule has 33 heavy (non-hydrogen) atoms. The predicted molar refractivity (Wildman–Crippen MR) is 144 cm³/mol. The molecular weight excluding hydrogens is 400 g/mol. The summed E-state index contributed by atoms with van der Waals surface area (Å²) in [6.45, 7) is 16.9. The average molecular weight is 439 g/mol. The van der Waals surface area contributed by atoms with Crippen molar-refractivity contribution in [3.8, 4) is 0 Å². The van der Waals surface area contributed by atoms with Crippen LogP contribution in [-0.2, 0) is 10.8 Å². The van der Waals surface area contributed by atoms with Crippen LogP contribution in [0.2, 0.25) is 0 Å². The molecule has 0 saturated carbocycles. The normalized spacial score (nSPS) is 18.9. The summed E-state index contributed by atoms with van der Waals surface area (Å²) in [5, 5.41) is 0. The lowest BCUT2D eigenvalue weighted by atomic mass is 9.85. The van der Waals surface area contributed by atoms with Crippen LogP contribution in [0.25, 0.3) is 0 Å². The average Bonchev–Trinajstić information content (AvgIpc) is 2.78. The molecule has 2 nitrogen and oxygen atoms in total. The van der Waals surface area contributed by atoms with Gasteiger partial charge in [0.1, 0.15) is 0 Å². The fraction of sp³-hybridized carbons (Fsp3) is 0.355. The second-order valence-corrected chi connectivity index (χ2v) is 11.2. The Morgan fingerprint density at radius 1 is 0.697 bits per heavy atom. The zero-order valence-electron chi connectivity index (χ0n) is 21.3. The highest BCUT2D eigenvalue weighted by Gasteiger charge is 2.24. The fourth-order valence-corrected chi connectivity index (χ4v) is 4.76. The molecule has 4 rings (SSSR count). The molecule has 2 heteroatoms. The minimum atomic E-state index is 0.107. The summed E-state index contributed by atoms with van der Waals surface area (Å²) in [5.74, 6) is 0. The van der Waals surface area contributed by atoms with Gasteiger partial charge in [-0.05, 0) is 64.3 Å². The van der Waals surface area contributed by atoms with Crippen LogP contribution >= 0.6 is 0 Å². The smallest absolute Gasteiger partial charge is 0.0497 e. The van der Waals surface area contributed by atoms with E-state index in [0.717, 1.165) is 6.54 Å². The summed E-state index contributed by atoms with van der Waals surface area (Å²) in [6, 6.07) is 17.8. The van der Waals surface area contributed by atoms with Crippen LogP contribution in [0.5, 0.6) is 0 Å². The Hall–Kier alpha value is -3.00. The highest BCUT2D eigenvalue weighted by molar-refractivity contribution is 5.65. The van der Waals surface area contributed by atoms with E-state index in [-0.39, 0.29) is 10.8 Å². The van der Waals surface area contributed by atoms with Crippen molar-refractivity contribution in [2.45, 2.75) is 65.3 Å². The van der Waals surface area contributed by atoms with Gasteiger partial charge in [0.25, 0.3) is 0 Å². The number of para-hydroxylation sites is 2. The first-order chi connectivity index (χ1) is 15.6. The van der Waals surface area contributed by atoms with E-state index < -0.39 is 0 Å². The number of benzene rings is 2. The third kappa shape index (κ3) is 4.85. The predicted octanol–water partition coefficient (Wildman–Crippen LogP) is 7.89. The van der Waals surface area contributed by atoms with Crippen molar-refractivity contribution in [2.24, 2.45) is 0 Å². The minimum absolute atomic E-state index is 0.107. The van der Waals surface area contributed by atoms with Gasteiger partial charge in [-0.25, -0.2) is 0 Å². The summed E-state index contributed by atoms with van der Waals surface area (Å²) in [5.41, 5.74) is 8.16. The second kappa shape index (κ2) is 8.74. The summed E-state index contributed by atoms with van der Waals surface area (Å²) in [7, 11) is 0. The molecular formula is C31H38N2. The monoisotopic (exact) mass is 438 g/mol. The molecule has 2 aliphatic rings. The molecule has 172 valence electrons. The molecule has 1 unspecified atom stereocenters. The molecule has 0 saturated heterocycles. The molecule has 1 atom stereocenters. The molecule has 2 heterocycles. The van der Waals surface area contributed by atoms with Crippen molar-refractivity contribution in [3.05, 3.63) is 108 Å². The SMILES string of the molecule is CC1C=C(C2=CCN(c3ccccc3C(C)(C)C)C=C2)C=CN1c1ccccc1C(C)(C)C. The number of allylic oxidation sites excluding steroid dienone is 4. The highest BCUT2D eigenvalue weighted by Crippen LogP contribution is 2.36. The Morgan fingerprint density at radius 2 is 1.24 bits per heavy atom. The Labute approximate surface area is 200 Å². The number of rotatable bonds is 3. The van der Waals surface area contributed by atoms with Gasteiger partial charge in [-0.3, -0.25) is 0 Å². The van der Waals surface area contributed by atoms with E-state index in [4.69, 9.17) is 0 Å². The van der Waals surface area contributed by atoms with Gasteiger partial charge in [-0.15, -0.1) is 0 Å². The molecule has 0 bridgehead atoms. The molecule has 0 radical (unpaired) electrons. The van der Waals surface area contributed by atoms with Crippen molar-refractivity contribution in [3.63, 3.8) is 0 Å². The van der Waals surface area contributed by atoms with Gasteiger partial charge in [-0.2, -0.15) is 0 Å². The standard InChI is InChI=1S/C31H38N2/c1-23-22-25(18-21-33(23)29-15-11-9-13-27(29)31(5,6)7)24-16-19-32(20-17-24)28-14-10-8-12-26(28)30(2,3)4/h8-19,21-23H,20H2,1-7H3. The van der Waals surface area contributed by atoms with Gasteiger partial charge in [0.15, 0.2) is 0 Å². The summed E-state index contributed by atoms with van der Waals surface area (Å²) < 4.78 is 0. The highest BCUT2D eigenvalue weighted by atomic mass is 15.1. The lowest BCUT2D eigenvalue weighted by Gasteiger charge is -2.35. The topological polar surface area (TPSA) is 6.48 Å². The molecule has 2 aromatic carbocycles. The maximum Gasteiger partial charge on any atom is 0.0497 e. The molecule has 0 aromatic heterocycles. The van der Waals surface area contributed by atoms with E-state index in [9.17, 15) is 0 Å². The van der Waals surface area contributed by atoms with E-state index >= 15 is 0 Å². The lowest BCUT2D eigenvalue weighted by molar-refractivity contribution is 0.588. The van der Waals surface area contributed by atoms with Crippen molar-refractivity contribution < 1.29 is 0 Å². The first kappa shape index (κ1) is 23.2. The largest absolute Gasteiger partial charge is 0.344 e. The van der Waals surface area contributed by atoms with Crippen LogP contribution in [-0.4, -0.2) is 12.6 Å². The second-order valence-electron chi connectivity index (χ2n) is 11.2. The Kier molecular flexibility index (Phi) is 6.14. The van der Waals surface area contributed by atoms with Gasteiger partial charge in [0.05, 0.1) is 0 Å². The van der Waals surface area contributed by atoms with E-state index in [1.54, 1.807) is 0 Å². The number of nitrogens with zero attached hydrogens (tertiary/aromatic N) is 2. The molecule has 0 fully saturated rings. The van der Waals surface area contributed by atoms with Crippen molar-refractivity contribution in [1.82, 2.24) is 0 Å². The molecule has 2 aromatic rings. The van der Waals surface area contributed by atoms with Crippen LogP contribution in [0.1, 0.15) is 59.6 Å². The van der Waals surface area contributed by atoms with Crippen molar-refractivity contribution in [2.75, 3.05) is 16.3 Å². The lowest BCUT2D eigenvalue weighted by Crippen LogP contribution is -2.31. The van der Waals surface area contributed by atoms with Crippen LogP contribution in [0, 0.1) is 0 Å². The first-order valence-corrected chi connectivity index (χ1v) is 12.1. The van der Waals surface area contributed by atoms with Crippen LogP contribution in [0.3, 0.4) is 0 Å². The summed E-state index contributed by atoms with van der Waals surface area (Å²) in [6.07, 6.45) is 13.7. The first-order valence-electron chi connectivity index (χ1n) is 12.1. The minimum Gasteiger partial charge on any atom is -0.344 e. The third-order valence-electron chi connectivity index (χ3n) is 6.56. The van der Waals surface area contributed by atoms with E-state index in [2.05, 4.69) is 144 Å². The van der Waals surface area contributed by atoms with E-state index in [1.165, 1.54) is 33.6 Å². The van der Waals surface area contributed by atoms with Crippen LogP contribution < -0.4 is 9.80 Å². The zero-order chi connectivity index (χ0) is 23.8. The Bertz CT molecular complexity index is 1130. The summed E-state index contributed by atoms with van der Waals surface area (Å²) in [4.78, 5) is 4.75. The number of hydrogen-bond acceptors (Lipinski definition) is 2. The van der Waals surface area contributed by atoms with Crippen LogP contribution in [0.4, 0.5) is 11.4 Å². The maximum absolute atomic E-state index is 2.39. The number of anilines is 2. The van der Waals surface area contributed by atoms with Crippen LogP contribution in [0.15, 0.2) is 96.4 Å². The molecule has 2 aliphatic heterocycles. The zero-order valence-corrected chi connectivity index (χ0v) is 21.3. The number of hydrogen-bond donors (Lipinski definition) is 0. The van der Waals surface area contributed by atoms with Gasteiger partial charge in [0, 0.05) is 36.4 Å². The van der Waals surface area contributed by atoms with Crippen molar-refractivity contribution in [1.29, 1.82) is 0 Å². The third-order valence-corrected chi connectivity index (χ3v) is 6.56. The van der Waals surface area contributed by atoms with E-state index in [0.29, 0.717) is 6.04 Å². The van der Waals surface area contributed by atoms with Crippen molar-refractivity contribution >= 4 is 11.4 Å². The molecule has 0 spiro atoms. The fourth-order valence-electron chi connectivity index (χ4n) is 4.76. The van der Waals surface area contributed by atoms with Gasteiger partial charge in [-0.1, -0.05) is 90.1 Å². The van der Waals surface area contributed by atoms with Gasteiger partial charge in [0.2, 0.25) is 0 Å². The molecule has 0 aliphatic carbocycles. The molecule has 0 amide bonds.